The van der Waals surface area contributed by atoms with Gasteiger partial charge in [-0.25, -0.2) is 4.79 Å². The van der Waals surface area contributed by atoms with Crippen molar-refractivity contribution < 1.29 is 14.7 Å². The van der Waals surface area contributed by atoms with Crippen LogP contribution in [-0.4, -0.2) is 32.3 Å². The number of aryl methyl sites for hydroxylation is 1. The number of carbonyl (C=O) groups excluding carboxylic acids is 1. The molecule has 1 atom stereocenters. The summed E-state index contributed by atoms with van der Waals surface area (Å²) < 4.78 is 1.92. The number of aliphatic carboxylic acids is 1. The Morgan fingerprint density at radius 2 is 1.95 bits per heavy atom. The molecule has 6 nitrogen and oxygen atoms in total. The Labute approximate surface area is 131 Å². The number of carboxylic acids is 1. The lowest BCUT2D eigenvalue weighted by Gasteiger charge is -2.24. The molecule has 22 heavy (non-hydrogen) atoms. The predicted octanol–water partition coefficient (Wildman–Crippen LogP) is 2.07. The molecule has 0 fully saturated rings. The first kappa shape index (κ1) is 18.2. The molecule has 124 valence electrons. The number of hydrogen-bond acceptors (Lipinski definition) is 3. The molecule has 0 saturated heterocycles. The van der Waals surface area contributed by atoms with Crippen LogP contribution >= 0.6 is 0 Å². The summed E-state index contributed by atoms with van der Waals surface area (Å²) in [6.45, 7) is 12.1. The van der Waals surface area contributed by atoms with E-state index in [0.717, 1.165) is 23.5 Å². The third kappa shape index (κ3) is 4.08. The van der Waals surface area contributed by atoms with Crippen molar-refractivity contribution in [3.05, 3.63) is 17.0 Å². The molecule has 2 N–H and O–H groups in total. The predicted molar refractivity (Wildman–Crippen MR) is 84.7 cm³/mol. The van der Waals surface area contributed by atoms with Gasteiger partial charge >= 0.3 is 5.97 Å². The van der Waals surface area contributed by atoms with Gasteiger partial charge in [0.25, 0.3) is 0 Å². The number of rotatable bonds is 7. The monoisotopic (exact) mass is 309 g/mol. The fraction of sp³-hybridized carbons (Fsp3) is 0.688. The van der Waals surface area contributed by atoms with Crippen molar-refractivity contribution in [3.63, 3.8) is 0 Å². The highest BCUT2D eigenvalue weighted by Gasteiger charge is 2.33. The van der Waals surface area contributed by atoms with Crippen LogP contribution in [0.3, 0.4) is 0 Å². The van der Waals surface area contributed by atoms with Gasteiger partial charge in [0.15, 0.2) is 0 Å². The summed E-state index contributed by atoms with van der Waals surface area (Å²) in [7, 11) is 0. The molecule has 0 aliphatic carbocycles. The molecular formula is C16H27N3O3. The van der Waals surface area contributed by atoms with E-state index in [9.17, 15) is 14.7 Å². The Kier molecular flexibility index (Phi) is 5.74. The van der Waals surface area contributed by atoms with Crippen LogP contribution in [0.15, 0.2) is 0 Å². The van der Waals surface area contributed by atoms with Crippen LogP contribution in [0, 0.1) is 19.8 Å². The fourth-order valence-electron chi connectivity index (χ4n) is 2.32. The maximum absolute atomic E-state index is 12.2. The van der Waals surface area contributed by atoms with Gasteiger partial charge in [-0.2, -0.15) is 5.10 Å². The Bertz CT molecular complexity index is 563. The summed E-state index contributed by atoms with van der Waals surface area (Å²) in [4.78, 5) is 23.5. The fourth-order valence-corrected chi connectivity index (χ4v) is 2.32. The number of nitrogens with one attached hydrogen (secondary N) is 1. The van der Waals surface area contributed by atoms with Crippen molar-refractivity contribution >= 4 is 11.9 Å². The maximum Gasteiger partial charge on any atom is 0.329 e. The lowest BCUT2D eigenvalue weighted by atomic mass is 9.98. The minimum absolute atomic E-state index is 0.151. The number of amides is 1. The number of aromatic nitrogens is 2. The molecule has 6 heteroatoms. The van der Waals surface area contributed by atoms with Crippen LogP contribution < -0.4 is 5.32 Å². The summed E-state index contributed by atoms with van der Waals surface area (Å²) >= 11 is 0. The second-order valence-electron chi connectivity index (χ2n) is 6.44. The smallest absolute Gasteiger partial charge is 0.329 e. The number of hydrogen-bond donors (Lipinski definition) is 2. The molecule has 1 aromatic heterocycles. The van der Waals surface area contributed by atoms with E-state index >= 15 is 0 Å². The number of carboxylic acid groups (broad SMARTS) is 1. The van der Waals surface area contributed by atoms with Crippen molar-refractivity contribution in [2.75, 3.05) is 0 Å². The molecule has 0 aliphatic rings. The van der Waals surface area contributed by atoms with Gasteiger partial charge in [0, 0.05) is 17.8 Å². The molecular weight excluding hydrogens is 282 g/mol. The van der Waals surface area contributed by atoms with Crippen LogP contribution in [0.25, 0.3) is 0 Å². The zero-order chi connectivity index (χ0) is 17.1. The molecule has 1 aromatic rings. The normalized spacial score (nSPS) is 14.0. The highest BCUT2D eigenvalue weighted by molar-refractivity contribution is 5.87. The average Bonchev–Trinajstić information content (AvgIpc) is 2.65. The molecule has 0 spiro atoms. The highest BCUT2D eigenvalue weighted by Crippen LogP contribution is 2.16. The van der Waals surface area contributed by atoms with Gasteiger partial charge in [-0.15, -0.1) is 0 Å². The van der Waals surface area contributed by atoms with Gasteiger partial charge in [0.2, 0.25) is 5.91 Å². The largest absolute Gasteiger partial charge is 0.480 e. The van der Waals surface area contributed by atoms with Crippen LogP contribution in [0.4, 0.5) is 0 Å². The van der Waals surface area contributed by atoms with Gasteiger partial charge in [-0.3, -0.25) is 9.48 Å². The first-order valence-corrected chi connectivity index (χ1v) is 7.68. The molecule has 1 rings (SSSR count). The van der Waals surface area contributed by atoms with E-state index in [0.29, 0.717) is 12.3 Å². The van der Waals surface area contributed by atoms with Crippen molar-refractivity contribution in [1.82, 2.24) is 15.1 Å². The Hall–Kier alpha value is -1.85. The van der Waals surface area contributed by atoms with Crippen molar-refractivity contribution in [1.29, 1.82) is 0 Å². The Morgan fingerprint density at radius 1 is 1.36 bits per heavy atom. The lowest BCUT2D eigenvalue weighted by molar-refractivity contribution is -0.146. The van der Waals surface area contributed by atoms with Crippen LogP contribution in [-0.2, 0) is 22.6 Å². The molecule has 0 saturated carbocycles. The van der Waals surface area contributed by atoms with E-state index in [-0.39, 0.29) is 12.3 Å². The molecule has 1 heterocycles. The molecule has 0 bridgehead atoms. The van der Waals surface area contributed by atoms with Crippen molar-refractivity contribution in [2.45, 2.75) is 66.5 Å². The van der Waals surface area contributed by atoms with E-state index < -0.39 is 11.5 Å². The van der Waals surface area contributed by atoms with Gasteiger partial charge in [0.1, 0.15) is 5.54 Å². The Balaban J connectivity index is 2.89. The number of carbonyl (C=O) groups is 2. The molecule has 0 aromatic carbocycles. The summed E-state index contributed by atoms with van der Waals surface area (Å²) in [5.41, 5.74) is 1.44. The van der Waals surface area contributed by atoms with Crippen LogP contribution in [0.2, 0.25) is 0 Å². The van der Waals surface area contributed by atoms with E-state index in [1.807, 2.05) is 18.5 Å². The van der Waals surface area contributed by atoms with E-state index in [1.54, 1.807) is 6.92 Å². The summed E-state index contributed by atoms with van der Waals surface area (Å²) in [5.74, 6) is -0.843. The number of nitrogens with zero attached hydrogens (tertiary/aromatic N) is 2. The second kappa shape index (κ2) is 6.94. The van der Waals surface area contributed by atoms with E-state index in [4.69, 9.17) is 0 Å². The van der Waals surface area contributed by atoms with Gasteiger partial charge in [-0.1, -0.05) is 20.8 Å². The quantitative estimate of drug-likeness (QED) is 0.807. The molecule has 1 unspecified atom stereocenters. The van der Waals surface area contributed by atoms with Gasteiger partial charge < -0.3 is 10.4 Å². The third-order valence-corrected chi connectivity index (χ3v) is 4.00. The summed E-state index contributed by atoms with van der Waals surface area (Å²) in [6, 6.07) is 0. The molecule has 0 aliphatic heterocycles. The van der Waals surface area contributed by atoms with Crippen molar-refractivity contribution in [2.24, 2.45) is 5.92 Å². The first-order chi connectivity index (χ1) is 10.1. The maximum atomic E-state index is 12.2. The zero-order valence-corrected chi connectivity index (χ0v) is 14.4. The SMILES string of the molecule is CCC(C)(NC(=O)Cc1c(C)nn(CC(C)C)c1C)C(=O)O. The van der Waals surface area contributed by atoms with Crippen LogP contribution in [0.1, 0.15) is 51.1 Å². The summed E-state index contributed by atoms with van der Waals surface area (Å²) in [6.07, 6.45) is 0.483. The zero-order valence-electron chi connectivity index (χ0n) is 14.4. The van der Waals surface area contributed by atoms with Gasteiger partial charge in [-0.05, 0) is 33.1 Å². The molecule has 1 amide bonds. The Morgan fingerprint density at radius 3 is 2.41 bits per heavy atom. The van der Waals surface area contributed by atoms with E-state index in [2.05, 4.69) is 24.3 Å². The topological polar surface area (TPSA) is 84.2 Å². The average molecular weight is 309 g/mol. The van der Waals surface area contributed by atoms with Crippen molar-refractivity contribution in [3.8, 4) is 0 Å². The highest BCUT2D eigenvalue weighted by atomic mass is 16.4. The molecule has 0 radical (unpaired) electrons. The summed E-state index contributed by atoms with van der Waals surface area (Å²) in [5, 5.41) is 16.3. The third-order valence-electron chi connectivity index (χ3n) is 4.00. The second-order valence-corrected chi connectivity index (χ2v) is 6.44. The minimum Gasteiger partial charge on any atom is -0.480 e. The van der Waals surface area contributed by atoms with Gasteiger partial charge in [0.05, 0.1) is 12.1 Å². The lowest BCUT2D eigenvalue weighted by Crippen LogP contribution is -2.52. The van der Waals surface area contributed by atoms with E-state index in [1.165, 1.54) is 6.92 Å². The van der Waals surface area contributed by atoms with Crippen LogP contribution in [0.5, 0.6) is 0 Å². The minimum atomic E-state index is -1.23. The first-order valence-electron chi connectivity index (χ1n) is 7.68. The standard InChI is InChI=1S/C16H27N3O3/c1-7-16(6,15(21)22)17-14(20)8-13-11(4)18-19(12(13)5)9-10(2)3/h10H,7-9H2,1-6H3,(H,17,20)(H,21,22).